The first kappa shape index (κ1) is 11.8. The second-order valence-corrected chi connectivity index (χ2v) is 3.63. The monoisotopic (exact) mass is 244 g/mol. The van der Waals surface area contributed by atoms with E-state index in [1.165, 1.54) is 0 Å². The maximum atomic E-state index is 12.7. The lowest BCUT2D eigenvalue weighted by Gasteiger charge is -2.10. The van der Waals surface area contributed by atoms with Crippen molar-refractivity contribution in [3.63, 3.8) is 0 Å². The molecule has 1 aromatic rings. The Balaban J connectivity index is 2.37. The second kappa shape index (κ2) is 4.70. The van der Waals surface area contributed by atoms with Gasteiger partial charge >= 0.3 is 5.97 Å². The zero-order valence-corrected chi connectivity index (χ0v) is 8.77. The molecular weight excluding hydrogens is 234 g/mol. The number of aromatic nitrogens is 2. The van der Waals surface area contributed by atoms with Crippen LogP contribution in [0.5, 0.6) is 0 Å². The lowest BCUT2D eigenvalue weighted by molar-refractivity contribution is 0.0678. The molecular formula is C10H10F2N2O3. The van der Waals surface area contributed by atoms with Crippen LogP contribution in [0.4, 0.5) is 8.78 Å². The fourth-order valence-electron chi connectivity index (χ4n) is 1.68. The molecule has 0 spiro atoms. The predicted octanol–water partition coefficient (Wildman–Crippen LogP) is 1.96. The summed E-state index contributed by atoms with van der Waals surface area (Å²) in [4.78, 5) is 18.1. The fraction of sp³-hybridized carbons (Fsp3) is 0.500. The molecule has 2 heterocycles. The summed E-state index contributed by atoms with van der Waals surface area (Å²) < 4.78 is 30.6. The van der Waals surface area contributed by atoms with Gasteiger partial charge in [0.05, 0.1) is 0 Å². The Hall–Kier alpha value is -1.63. The number of hydrogen-bond donors (Lipinski definition) is 1. The van der Waals surface area contributed by atoms with Gasteiger partial charge in [0.15, 0.2) is 5.82 Å². The third-order valence-electron chi connectivity index (χ3n) is 2.49. The van der Waals surface area contributed by atoms with Crippen molar-refractivity contribution in [3.8, 4) is 0 Å². The first-order valence-electron chi connectivity index (χ1n) is 5.09. The number of alkyl halides is 2. The van der Waals surface area contributed by atoms with E-state index in [1.807, 2.05) is 0 Å². The lowest BCUT2D eigenvalue weighted by Crippen LogP contribution is -2.11. The van der Waals surface area contributed by atoms with Gasteiger partial charge in [-0.3, -0.25) is 0 Å². The third-order valence-corrected chi connectivity index (χ3v) is 2.49. The van der Waals surface area contributed by atoms with Crippen LogP contribution in [0.1, 0.15) is 47.2 Å². The van der Waals surface area contributed by atoms with Gasteiger partial charge in [-0.05, 0) is 12.8 Å². The summed E-state index contributed by atoms with van der Waals surface area (Å²) in [6.07, 6.45) is -0.957. The second-order valence-electron chi connectivity index (χ2n) is 3.63. The van der Waals surface area contributed by atoms with E-state index in [1.54, 1.807) is 0 Å². The minimum absolute atomic E-state index is 0.128. The van der Waals surface area contributed by atoms with Gasteiger partial charge in [-0.1, -0.05) is 0 Å². The first-order valence-corrected chi connectivity index (χ1v) is 5.09. The standard InChI is InChI=1S/C10H10F2N2O3/c11-8(12)7-5(10(15)16)4-13-9(14-7)6-2-1-3-17-6/h4,6,8H,1-3H2,(H,15,16). The van der Waals surface area contributed by atoms with Crippen LogP contribution in [-0.2, 0) is 4.74 Å². The highest BCUT2D eigenvalue weighted by molar-refractivity contribution is 5.88. The molecule has 5 nitrogen and oxygen atoms in total. The molecule has 1 aliphatic heterocycles. The molecule has 1 aliphatic rings. The van der Waals surface area contributed by atoms with Crippen molar-refractivity contribution in [2.24, 2.45) is 0 Å². The van der Waals surface area contributed by atoms with Gasteiger partial charge in [-0.15, -0.1) is 0 Å². The van der Waals surface area contributed by atoms with Crippen molar-refractivity contribution in [3.05, 3.63) is 23.3 Å². The number of aromatic carboxylic acids is 1. The van der Waals surface area contributed by atoms with Crippen molar-refractivity contribution < 1.29 is 23.4 Å². The Morgan fingerprint density at radius 2 is 2.35 bits per heavy atom. The van der Waals surface area contributed by atoms with E-state index in [0.717, 1.165) is 12.6 Å². The number of hydrogen-bond acceptors (Lipinski definition) is 4. The Labute approximate surface area is 95.5 Å². The zero-order valence-electron chi connectivity index (χ0n) is 8.77. The third kappa shape index (κ3) is 2.38. The lowest BCUT2D eigenvalue weighted by atomic mass is 10.2. The molecule has 0 saturated carbocycles. The average Bonchev–Trinajstić information content (AvgIpc) is 2.81. The van der Waals surface area contributed by atoms with Gasteiger partial charge in [0.1, 0.15) is 17.4 Å². The van der Waals surface area contributed by atoms with Gasteiger partial charge in [0.2, 0.25) is 0 Å². The Bertz CT molecular complexity index is 434. The van der Waals surface area contributed by atoms with Crippen LogP contribution in [0, 0.1) is 0 Å². The molecule has 1 atom stereocenters. The molecule has 1 fully saturated rings. The number of ether oxygens (including phenoxy) is 1. The van der Waals surface area contributed by atoms with Gasteiger partial charge in [-0.25, -0.2) is 23.5 Å². The number of nitrogens with zero attached hydrogens (tertiary/aromatic N) is 2. The molecule has 0 bridgehead atoms. The van der Waals surface area contributed by atoms with Crippen molar-refractivity contribution in [2.45, 2.75) is 25.4 Å². The molecule has 1 unspecified atom stereocenters. The average molecular weight is 244 g/mol. The van der Waals surface area contributed by atoms with Gasteiger partial charge in [-0.2, -0.15) is 0 Å². The number of carbonyl (C=O) groups is 1. The normalized spacial score (nSPS) is 19.8. The largest absolute Gasteiger partial charge is 0.478 e. The maximum Gasteiger partial charge on any atom is 0.339 e. The summed E-state index contributed by atoms with van der Waals surface area (Å²) in [5.74, 6) is -1.33. The van der Waals surface area contributed by atoms with Crippen LogP contribution in [0.15, 0.2) is 6.20 Å². The molecule has 0 amide bonds. The Kier molecular flexibility index (Phi) is 3.28. The summed E-state index contributed by atoms with van der Waals surface area (Å²) in [5.41, 5.74) is -1.32. The van der Waals surface area contributed by atoms with Crippen LogP contribution in [-0.4, -0.2) is 27.7 Å². The van der Waals surface area contributed by atoms with E-state index in [-0.39, 0.29) is 5.82 Å². The van der Waals surface area contributed by atoms with Crippen LogP contribution in [0.2, 0.25) is 0 Å². The molecule has 0 aromatic carbocycles. The van der Waals surface area contributed by atoms with Crippen LogP contribution >= 0.6 is 0 Å². The van der Waals surface area contributed by atoms with Crippen LogP contribution in [0.25, 0.3) is 0 Å². The number of carboxylic acid groups (broad SMARTS) is 1. The van der Waals surface area contributed by atoms with Gasteiger partial charge in [0.25, 0.3) is 6.43 Å². The number of rotatable bonds is 3. The zero-order chi connectivity index (χ0) is 12.4. The quantitative estimate of drug-likeness (QED) is 0.879. The molecule has 1 aromatic heterocycles. The van der Waals surface area contributed by atoms with Gasteiger partial charge < -0.3 is 9.84 Å². The highest BCUT2D eigenvalue weighted by Crippen LogP contribution is 2.28. The number of carboxylic acids is 1. The molecule has 17 heavy (non-hydrogen) atoms. The number of halogens is 2. The molecule has 0 aliphatic carbocycles. The highest BCUT2D eigenvalue weighted by atomic mass is 19.3. The SMILES string of the molecule is O=C(O)c1cnc(C2CCCO2)nc1C(F)F. The molecule has 1 N–H and O–H groups in total. The highest BCUT2D eigenvalue weighted by Gasteiger charge is 2.26. The Morgan fingerprint density at radius 1 is 1.59 bits per heavy atom. The minimum atomic E-state index is -2.94. The molecule has 7 heteroatoms. The van der Waals surface area contributed by atoms with Gasteiger partial charge in [0, 0.05) is 12.8 Å². The van der Waals surface area contributed by atoms with E-state index < -0.39 is 29.8 Å². The van der Waals surface area contributed by atoms with Crippen molar-refractivity contribution in [1.82, 2.24) is 9.97 Å². The van der Waals surface area contributed by atoms with Crippen molar-refractivity contribution in [2.75, 3.05) is 6.61 Å². The van der Waals surface area contributed by atoms with E-state index in [0.29, 0.717) is 13.0 Å². The fourth-order valence-corrected chi connectivity index (χ4v) is 1.68. The van der Waals surface area contributed by atoms with E-state index in [9.17, 15) is 13.6 Å². The topological polar surface area (TPSA) is 72.3 Å². The van der Waals surface area contributed by atoms with Crippen molar-refractivity contribution >= 4 is 5.97 Å². The summed E-state index contributed by atoms with van der Waals surface area (Å²) in [6, 6.07) is 0. The van der Waals surface area contributed by atoms with E-state index in [4.69, 9.17) is 9.84 Å². The summed E-state index contributed by atoms with van der Waals surface area (Å²) in [6.45, 7) is 0.540. The summed E-state index contributed by atoms with van der Waals surface area (Å²) in [5, 5.41) is 8.73. The van der Waals surface area contributed by atoms with E-state index >= 15 is 0 Å². The smallest absolute Gasteiger partial charge is 0.339 e. The Morgan fingerprint density at radius 3 is 2.88 bits per heavy atom. The summed E-state index contributed by atoms with van der Waals surface area (Å²) in [7, 11) is 0. The maximum absolute atomic E-state index is 12.7. The molecule has 1 saturated heterocycles. The predicted molar refractivity (Wildman–Crippen MR) is 51.9 cm³/mol. The van der Waals surface area contributed by atoms with Crippen LogP contribution < -0.4 is 0 Å². The van der Waals surface area contributed by atoms with Crippen molar-refractivity contribution in [1.29, 1.82) is 0 Å². The first-order chi connectivity index (χ1) is 8.09. The molecule has 0 radical (unpaired) electrons. The summed E-state index contributed by atoms with van der Waals surface area (Å²) >= 11 is 0. The van der Waals surface area contributed by atoms with Crippen LogP contribution in [0.3, 0.4) is 0 Å². The molecule has 92 valence electrons. The minimum Gasteiger partial charge on any atom is -0.478 e. The van der Waals surface area contributed by atoms with E-state index in [2.05, 4.69) is 9.97 Å². The molecule has 2 rings (SSSR count).